The van der Waals surface area contributed by atoms with E-state index in [0.29, 0.717) is 0 Å². The Hall–Kier alpha value is -1.24. The van der Waals surface area contributed by atoms with E-state index in [0.717, 1.165) is 0 Å². The molecule has 14 heavy (non-hydrogen) atoms. The van der Waals surface area contributed by atoms with Crippen LogP contribution in [0.25, 0.3) is 12.2 Å². The Morgan fingerprint density at radius 2 is 1.93 bits per heavy atom. The summed E-state index contributed by atoms with van der Waals surface area (Å²) in [5.74, 6) is 0. The number of fused-ring (bicyclic) bond motifs is 3. The molecule has 1 N–H and O–H groups in total. The Bertz CT molecular complexity index is 432. The fourth-order valence-corrected chi connectivity index (χ4v) is 2.53. The van der Waals surface area contributed by atoms with Gasteiger partial charge in [-0.3, -0.25) is 0 Å². The first-order valence-electron chi connectivity index (χ1n) is 5.42. The van der Waals surface area contributed by atoms with Gasteiger partial charge in [-0.1, -0.05) is 11.6 Å². The standard InChI is InChI=1S/C13H15N/c1-9-6-7-11-10-4-2-3-5-12(10)14-13(11)8-9/h3,5,8,14H,2,4,6-7H2,1H3. The van der Waals surface area contributed by atoms with E-state index in [1.54, 1.807) is 11.1 Å². The number of H-pyrrole nitrogens is 1. The molecule has 0 unspecified atom stereocenters. The molecule has 1 aromatic rings. The smallest absolute Gasteiger partial charge is 0.0419 e. The predicted molar refractivity (Wildman–Crippen MR) is 60.1 cm³/mol. The van der Waals surface area contributed by atoms with Crippen LogP contribution in [-0.2, 0) is 12.8 Å². The lowest BCUT2D eigenvalue weighted by Gasteiger charge is -2.12. The number of hydrogen-bond donors (Lipinski definition) is 1. The molecule has 0 amide bonds. The van der Waals surface area contributed by atoms with Crippen LogP contribution in [0, 0.1) is 0 Å². The van der Waals surface area contributed by atoms with Gasteiger partial charge in [-0.15, -0.1) is 0 Å². The summed E-state index contributed by atoms with van der Waals surface area (Å²) in [6.45, 7) is 2.22. The van der Waals surface area contributed by atoms with Gasteiger partial charge in [-0.2, -0.15) is 0 Å². The van der Waals surface area contributed by atoms with Crippen LogP contribution in [0.1, 0.15) is 42.3 Å². The van der Waals surface area contributed by atoms with Crippen molar-refractivity contribution in [3.05, 3.63) is 34.2 Å². The van der Waals surface area contributed by atoms with E-state index in [1.165, 1.54) is 42.6 Å². The van der Waals surface area contributed by atoms with Crippen LogP contribution in [0.4, 0.5) is 0 Å². The van der Waals surface area contributed by atoms with Crippen molar-refractivity contribution in [3.8, 4) is 0 Å². The number of hydrogen-bond acceptors (Lipinski definition) is 0. The summed E-state index contributed by atoms with van der Waals surface area (Å²) in [5, 5.41) is 0. The van der Waals surface area contributed by atoms with Gasteiger partial charge in [0.1, 0.15) is 0 Å². The second kappa shape index (κ2) is 2.88. The molecule has 0 aromatic carbocycles. The Morgan fingerprint density at radius 3 is 2.86 bits per heavy atom. The molecule has 1 heterocycles. The van der Waals surface area contributed by atoms with Crippen LogP contribution < -0.4 is 0 Å². The van der Waals surface area contributed by atoms with Crippen molar-refractivity contribution in [1.29, 1.82) is 0 Å². The average molecular weight is 185 g/mol. The Labute approximate surface area is 84.5 Å². The quantitative estimate of drug-likeness (QED) is 0.638. The van der Waals surface area contributed by atoms with Crippen molar-refractivity contribution in [1.82, 2.24) is 4.98 Å². The largest absolute Gasteiger partial charge is 0.355 e. The maximum atomic E-state index is 3.52. The molecule has 1 aromatic heterocycles. The molecule has 0 fully saturated rings. The molecular formula is C13H15N. The van der Waals surface area contributed by atoms with Crippen molar-refractivity contribution in [2.45, 2.75) is 32.6 Å². The van der Waals surface area contributed by atoms with Crippen molar-refractivity contribution >= 4 is 12.2 Å². The fraction of sp³-hybridized carbons (Fsp3) is 0.385. The molecule has 3 rings (SSSR count). The molecule has 1 heteroatoms. The van der Waals surface area contributed by atoms with Crippen molar-refractivity contribution in [3.63, 3.8) is 0 Å². The zero-order valence-electron chi connectivity index (χ0n) is 8.56. The van der Waals surface area contributed by atoms with Gasteiger partial charge in [0.05, 0.1) is 0 Å². The summed E-state index contributed by atoms with van der Waals surface area (Å²) in [5.41, 5.74) is 7.37. The third-order valence-corrected chi connectivity index (χ3v) is 3.29. The first-order chi connectivity index (χ1) is 6.84. The highest BCUT2D eigenvalue weighted by Crippen LogP contribution is 2.31. The topological polar surface area (TPSA) is 15.8 Å². The number of rotatable bonds is 0. The van der Waals surface area contributed by atoms with Crippen molar-refractivity contribution in [2.75, 3.05) is 0 Å². The van der Waals surface area contributed by atoms with E-state index in [2.05, 4.69) is 30.1 Å². The predicted octanol–water partition coefficient (Wildman–Crippen LogP) is 3.32. The van der Waals surface area contributed by atoms with E-state index in [1.807, 2.05) is 0 Å². The van der Waals surface area contributed by atoms with Crippen LogP contribution >= 0.6 is 0 Å². The lowest BCUT2D eigenvalue weighted by Crippen LogP contribution is -1.99. The first kappa shape index (κ1) is 8.10. The monoisotopic (exact) mass is 185 g/mol. The van der Waals surface area contributed by atoms with E-state index >= 15 is 0 Å². The lowest BCUT2D eigenvalue weighted by atomic mass is 9.92. The molecule has 0 spiro atoms. The van der Waals surface area contributed by atoms with E-state index in [9.17, 15) is 0 Å². The first-order valence-corrected chi connectivity index (χ1v) is 5.42. The molecule has 72 valence electrons. The minimum Gasteiger partial charge on any atom is -0.355 e. The molecule has 0 atom stereocenters. The maximum absolute atomic E-state index is 3.52. The minimum atomic E-state index is 1.21. The highest BCUT2D eigenvalue weighted by Gasteiger charge is 2.18. The summed E-state index contributed by atoms with van der Waals surface area (Å²) in [6.07, 6.45) is 11.7. The molecule has 0 saturated carbocycles. The molecule has 2 aliphatic rings. The van der Waals surface area contributed by atoms with Gasteiger partial charge >= 0.3 is 0 Å². The normalized spacial score (nSPS) is 18.8. The summed E-state index contributed by atoms with van der Waals surface area (Å²) < 4.78 is 0. The second-order valence-electron chi connectivity index (χ2n) is 4.34. The van der Waals surface area contributed by atoms with E-state index in [4.69, 9.17) is 0 Å². The van der Waals surface area contributed by atoms with E-state index < -0.39 is 0 Å². The highest BCUT2D eigenvalue weighted by molar-refractivity contribution is 5.66. The zero-order chi connectivity index (χ0) is 9.54. The number of aromatic nitrogens is 1. The minimum absolute atomic E-state index is 1.21. The number of aromatic amines is 1. The zero-order valence-corrected chi connectivity index (χ0v) is 8.56. The van der Waals surface area contributed by atoms with Gasteiger partial charge in [0.2, 0.25) is 0 Å². The van der Waals surface area contributed by atoms with Crippen LogP contribution in [0.3, 0.4) is 0 Å². The third-order valence-electron chi connectivity index (χ3n) is 3.29. The van der Waals surface area contributed by atoms with Crippen LogP contribution in [0.2, 0.25) is 0 Å². The van der Waals surface area contributed by atoms with Gasteiger partial charge in [0, 0.05) is 11.4 Å². The van der Waals surface area contributed by atoms with Gasteiger partial charge in [0.15, 0.2) is 0 Å². The van der Waals surface area contributed by atoms with E-state index in [-0.39, 0.29) is 0 Å². The summed E-state index contributed by atoms with van der Waals surface area (Å²) in [6, 6.07) is 0. The van der Waals surface area contributed by atoms with Crippen LogP contribution in [0.15, 0.2) is 11.6 Å². The van der Waals surface area contributed by atoms with Crippen LogP contribution in [-0.4, -0.2) is 4.98 Å². The number of nitrogens with one attached hydrogen (secondary N) is 1. The van der Waals surface area contributed by atoms with Crippen molar-refractivity contribution in [2.24, 2.45) is 0 Å². The fourth-order valence-electron chi connectivity index (χ4n) is 2.53. The second-order valence-corrected chi connectivity index (χ2v) is 4.34. The maximum Gasteiger partial charge on any atom is 0.0419 e. The lowest BCUT2D eigenvalue weighted by molar-refractivity contribution is 0.891. The molecule has 1 nitrogen and oxygen atoms in total. The summed E-state index contributed by atoms with van der Waals surface area (Å²) in [4.78, 5) is 3.52. The Balaban J connectivity index is 2.19. The van der Waals surface area contributed by atoms with Gasteiger partial charge in [0.25, 0.3) is 0 Å². The molecular weight excluding hydrogens is 170 g/mol. The molecule has 2 aliphatic carbocycles. The van der Waals surface area contributed by atoms with Gasteiger partial charge in [-0.25, -0.2) is 0 Å². The van der Waals surface area contributed by atoms with Gasteiger partial charge < -0.3 is 4.98 Å². The summed E-state index contributed by atoms with van der Waals surface area (Å²) in [7, 11) is 0. The Kier molecular flexibility index (Phi) is 1.66. The van der Waals surface area contributed by atoms with Gasteiger partial charge in [-0.05, 0) is 55.9 Å². The molecule has 0 bridgehead atoms. The molecule has 0 aliphatic heterocycles. The molecule has 0 radical (unpaired) electrons. The summed E-state index contributed by atoms with van der Waals surface area (Å²) >= 11 is 0. The van der Waals surface area contributed by atoms with Crippen LogP contribution in [0.5, 0.6) is 0 Å². The SMILES string of the molecule is CC1=Cc2[nH]c3c(c2CC1)CCC=C3. The average Bonchev–Trinajstić information content (AvgIpc) is 2.54. The van der Waals surface area contributed by atoms with Crippen molar-refractivity contribution < 1.29 is 0 Å². The third kappa shape index (κ3) is 1.08. The Morgan fingerprint density at radius 1 is 1.07 bits per heavy atom. The highest BCUT2D eigenvalue weighted by atomic mass is 14.7. The number of allylic oxidation sites excluding steroid dienone is 2. The molecule has 0 saturated heterocycles.